The molecular formula is C26H34ClN7O3. The molecule has 37 heavy (non-hydrogen) atoms. The van der Waals surface area contributed by atoms with E-state index >= 15 is 0 Å². The number of β-amino-alcohol motifs (C(OH)–C–C–N with tert-alkyl or cyclic N) is 1. The van der Waals surface area contributed by atoms with E-state index < -0.39 is 0 Å². The average Bonchev–Trinajstić information content (AvgIpc) is 3.20. The summed E-state index contributed by atoms with van der Waals surface area (Å²) < 4.78 is 0. The molecule has 1 aromatic carbocycles. The number of pyridine rings is 1. The van der Waals surface area contributed by atoms with Crippen LogP contribution in [-0.4, -0.2) is 51.6 Å². The van der Waals surface area contributed by atoms with Crippen molar-refractivity contribution in [2.75, 3.05) is 23.8 Å². The molecule has 0 aliphatic carbocycles. The number of anilines is 2. The molecule has 0 saturated carbocycles. The quantitative estimate of drug-likeness (QED) is 0.256. The van der Waals surface area contributed by atoms with Gasteiger partial charge in [0.05, 0.1) is 27.7 Å². The van der Waals surface area contributed by atoms with Gasteiger partial charge in [-0.2, -0.15) is 0 Å². The van der Waals surface area contributed by atoms with Crippen LogP contribution in [0.3, 0.4) is 0 Å². The monoisotopic (exact) mass is 527 g/mol. The van der Waals surface area contributed by atoms with Gasteiger partial charge in [0.25, 0.3) is 5.56 Å². The zero-order valence-corrected chi connectivity index (χ0v) is 22.0. The van der Waals surface area contributed by atoms with Crippen LogP contribution < -0.4 is 27.0 Å². The van der Waals surface area contributed by atoms with E-state index in [-0.39, 0.29) is 11.7 Å². The Morgan fingerprint density at radius 1 is 1.32 bits per heavy atom. The van der Waals surface area contributed by atoms with E-state index in [2.05, 4.69) is 39.5 Å². The second kappa shape index (κ2) is 13.3. The molecule has 2 unspecified atom stereocenters. The first-order valence-electron chi connectivity index (χ1n) is 12.2. The molecule has 2 aromatic heterocycles. The molecule has 0 spiro atoms. The molecule has 4 heterocycles. The van der Waals surface area contributed by atoms with Gasteiger partial charge in [-0.3, -0.25) is 9.80 Å². The predicted molar refractivity (Wildman–Crippen MR) is 148 cm³/mol. The number of aromatic amines is 1. The number of carbonyl (C=O) groups excluding carboxylic acids is 1. The number of H-pyrrole nitrogens is 1. The number of aliphatic hydroxyl groups excluding tert-OH is 1. The smallest absolute Gasteiger partial charge is 0.258 e. The van der Waals surface area contributed by atoms with E-state index in [1.54, 1.807) is 12.3 Å². The first kappa shape index (κ1) is 28.3. The largest absolute Gasteiger partial charge is 0.397 e. The lowest BCUT2D eigenvalue weighted by Gasteiger charge is -2.17. The van der Waals surface area contributed by atoms with Gasteiger partial charge in [0.15, 0.2) is 0 Å². The van der Waals surface area contributed by atoms with E-state index in [4.69, 9.17) is 27.2 Å². The minimum Gasteiger partial charge on any atom is -0.397 e. The molecule has 5 rings (SSSR count). The number of rotatable bonds is 3. The number of nitrogens with two attached hydrogens (primary N) is 1. The fraction of sp³-hybridized carbons (Fsp3) is 0.385. The fourth-order valence-corrected chi connectivity index (χ4v) is 3.96. The summed E-state index contributed by atoms with van der Waals surface area (Å²) in [6.45, 7) is 7.49. The van der Waals surface area contributed by atoms with Crippen molar-refractivity contribution in [3.8, 4) is 0 Å². The fourth-order valence-electron chi connectivity index (χ4n) is 3.79. The first-order chi connectivity index (χ1) is 17.7. The maximum atomic E-state index is 12.3. The Labute approximate surface area is 220 Å². The van der Waals surface area contributed by atoms with Gasteiger partial charge in [0, 0.05) is 31.4 Å². The van der Waals surface area contributed by atoms with Crippen LogP contribution in [0.25, 0.3) is 10.9 Å². The van der Waals surface area contributed by atoms with Gasteiger partial charge in [-0.05, 0) is 69.5 Å². The number of fused-ring (bicyclic) bond motifs is 1. The van der Waals surface area contributed by atoms with Gasteiger partial charge in [0.1, 0.15) is 17.9 Å². The van der Waals surface area contributed by atoms with E-state index in [1.165, 1.54) is 18.6 Å². The summed E-state index contributed by atoms with van der Waals surface area (Å²) >= 11 is 5.99. The van der Waals surface area contributed by atoms with Gasteiger partial charge < -0.3 is 25.9 Å². The van der Waals surface area contributed by atoms with Crippen LogP contribution in [0.4, 0.5) is 11.5 Å². The molecule has 3 aromatic rings. The highest BCUT2D eigenvalue weighted by molar-refractivity contribution is 6.33. The molecule has 6 N–H and O–H groups in total. The minimum absolute atomic E-state index is 0.0752. The van der Waals surface area contributed by atoms with Crippen LogP contribution in [0.15, 0.2) is 47.0 Å². The molecule has 10 nitrogen and oxygen atoms in total. The summed E-state index contributed by atoms with van der Waals surface area (Å²) in [6, 6.07) is 7.35. The van der Waals surface area contributed by atoms with Crippen molar-refractivity contribution in [2.24, 2.45) is 0 Å². The Kier molecular flexibility index (Phi) is 10.2. The van der Waals surface area contributed by atoms with E-state index in [0.29, 0.717) is 39.9 Å². The molecule has 198 valence electrons. The van der Waals surface area contributed by atoms with Crippen molar-refractivity contribution < 1.29 is 9.90 Å². The summed E-state index contributed by atoms with van der Waals surface area (Å²) in [7, 11) is 0. The number of aromatic nitrogens is 3. The second-order valence-electron chi connectivity index (χ2n) is 8.93. The molecule has 0 bridgehead atoms. The van der Waals surface area contributed by atoms with E-state index in [9.17, 15) is 4.79 Å². The average molecular weight is 528 g/mol. The number of piperidine rings is 1. The zero-order valence-electron chi connectivity index (χ0n) is 21.3. The van der Waals surface area contributed by atoms with E-state index in [0.717, 1.165) is 43.6 Å². The lowest BCUT2D eigenvalue weighted by Crippen LogP contribution is -2.34. The molecule has 0 amide bonds. The van der Waals surface area contributed by atoms with Crippen LogP contribution in [0, 0.1) is 0 Å². The van der Waals surface area contributed by atoms with Crippen LogP contribution >= 0.6 is 11.6 Å². The van der Waals surface area contributed by atoms with Crippen molar-refractivity contribution in [3.05, 3.63) is 69.0 Å². The lowest BCUT2D eigenvalue weighted by atomic mass is 10.1. The number of nitrogens with one attached hydrogen (secondary N) is 3. The molecule has 11 heteroatoms. The summed E-state index contributed by atoms with van der Waals surface area (Å²) in [5.41, 5.74) is 12.0. The maximum absolute atomic E-state index is 12.3. The van der Waals surface area contributed by atoms with Crippen molar-refractivity contribution in [2.45, 2.75) is 52.2 Å². The number of aliphatic hydroxyl groups is 1. The number of hydrogen-bond acceptors (Lipinski definition) is 9. The van der Waals surface area contributed by atoms with E-state index in [1.807, 2.05) is 23.3 Å². The topological polar surface area (TPSA) is 149 Å². The highest BCUT2D eigenvalue weighted by Crippen LogP contribution is 2.23. The SMILES string of the molecule is CC1=CN(c2ccc(Cc3nc4cc(N)c(Cl)cc4c(=O)[nH]3)cn2)NC1C.CC=O.OC1CCCNC1. The van der Waals surface area contributed by atoms with Crippen molar-refractivity contribution in [3.63, 3.8) is 0 Å². The minimum atomic E-state index is -0.239. The molecule has 2 atom stereocenters. The standard InChI is InChI=1S/C19H19ClN6O.C5H11NO.C2H4O/c1-10-9-26(25-11(10)2)18-4-3-12(8-22-18)5-17-23-16-7-15(21)14(20)6-13(16)19(27)24-17;7-5-2-1-3-6-4-5;1-2-3/h3-4,6-9,11,25H,5,21H2,1-2H3,(H,23,24,27);5-7H,1-4H2;2H,1H3. The Hall–Kier alpha value is -3.31. The lowest BCUT2D eigenvalue weighted by molar-refractivity contribution is -0.106. The second-order valence-corrected chi connectivity index (χ2v) is 9.34. The number of hydrogen-bond donors (Lipinski definition) is 5. The maximum Gasteiger partial charge on any atom is 0.258 e. The third kappa shape index (κ3) is 7.83. The number of nitrogens with zero attached hydrogens (tertiary/aromatic N) is 3. The molecule has 2 aliphatic heterocycles. The van der Waals surface area contributed by atoms with Crippen molar-refractivity contribution in [1.82, 2.24) is 25.7 Å². The van der Waals surface area contributed by atoms with Gasteiger partial charge in [-0.25, -0.2) is 15.4 Å². The van der Waals surface area contributed by atoms with Gasteiger partial charge >= 0.3 is 0 Å². The molecule has 0 radical (unpaired) electrons. The Morgan fingerprint density at radius 3 is 2.62 bits per heavy atom. The van der Waals surface area contributed by atoms with Crippen LogP contribution in [0.1, 0.15) is 45.0 Å². The van der Waals surface area contributed by atoms with Gasteiger partial charge in [-0.1, -0.05) is 17.7 Å². The highest BCUT2D eigenvalue weighted by Gasteiger charge is 2.18. The first-order valence-corrected chi connectivity index (χ1v) is 12.5. The van der Waals surface area contributed by atoms with Crippen LogP contribution in [0.5, 0.6) is 0 Å². The number of carbonyl (C=O) groups is 1. The van der Waals surface area contributed by atoms with Crippen molar-refractivity contribution in [1.29, 1.82) is 0 Å². The summed E-state index contributed by atoms with van der Waals surface area (Å²) in [4.78, 5) is 32.9. The summed E-state index contributed by atoms with van der Waals surface area (Å²) in [6.07, 6.45) is 7.05. The predicted octanol–water partition coefficient (Wildman–Crippen LogP) is 2.70. The summed E-state index contributed by atoms with van der Waals surface area (Å²) in [5, 5.41) is 14.6. The number of hydrazine groups is 1. The van der Waals surface area contributed by atoms with Crippen molar-refractivity contribution >= 4 is 40.3 Å². The summed E-state index contributed by atoms with van der Waals surface area (Å²) in [5.74, 6) is 1.36. The number of aldehydes is 1. The third-order valence-corrected chi connectivity index (χ3v) is 6.25. The molecule has 1 fully saturated rings. The molecule has 2 aliphatic rings. The number of halogens is 1. The Balaban J connectivity index is 0.000000321. The highest BCUT2D eigenvalue weighted by atomic mass is 35.5. The Morgan fingerprint density at radius 2 is 2.08 bits per heavy atom. The third-order valence-electron chi connectivity index (χ3n) is 5.92. The Bertz CT molecular complexity index is 1290. The number of nitrogen functional groups attached to an aromatic ring is 1. The van der Waals surface area contributed by atoms with Gasteiger partial charge in [0.2, 0.25) is 0 Å². The molecule has 1 saturated heterocycles. The zero-order chi connectivity index (χ0) is 26.9. The number of benzene rings is 1. The van der Waals surface area contributed by atoms with Crippen LogP contribution in [-0.2, 0) is 11.2 Å². The van der Waals surface area contributed by atoms with Gasteiger partial charge in [-0.15, -0.1) is 0 Å². The molecular weight excluding hydrogens is 494 g/mol. The van der Waals surface area contributed by atoms with Crippen LogP contribution in [0.2, 0.25) is 5.02 Å². The normalized spacial score (nSPS) is 18.8.